The topological polar surface area (TPSA) is 70.2 Å². The van der Waals surface area contributed by atoms with Crippen molar-refractivity contribution in [3.05, 3.63) is 29.8 Å². The summed E-state index contributed by atoms with van der Waals surface area (Å²) in [5.74, 6) is 0.506. The van der Waals surface area contributed by atoms with Crippen molar-refractivity contribution >= 4 is 17.5 Å². The van der Waals surface area contributed by atoms with Gasteiger partial charge in [-0.1, -0.05) is 19.1 Å². The van der Waals surface area contributed by atoms with E-state index in [4.69, 9.17) is 0 Å². The first-order valence-corrected chi connectivity index (χ1v) is 7.85. The number of rotatable bonds is 6. The Bertz CT molecular complexity index is 521. The van der Waals surface area contributed by atoms with Crippen LogP contribution in [-0.4, -0.2) is 30.9 Å². The Kier molecular flexibility index (Phi) is 5.55. The van der Waals surface area contributed by atoms with E-state index in [1.54, 1.807) is 0 Å². The second-order valence-corrected chi connectivity index (χ2v) is 6.29. The van der Waals surface area contributed by atoms with Gasteiger partial charge < -0.3 is 16.0 Å². The minimum absolute atomic E-state index is 0.0118. The molecular weight excluding hydrogens is 278 g/mol. The Balaban J connectivity index is 1.86. The van der Waals surface area contributed by atoms with Crippen LogP contribution >= 0.6 is 0 Å². The predicted octanol–water partition coefficient (Wildman–Crippen LogP) is 1.55. The van der Waals surface area contributed by atoms with E-state index in [1.807, 2.05) is 45.0 Å². The number of hydrogen-bond acceptors (Lipinski definition) is 3. The molecule has 1 aliphatic heterocycles. The fraction of sp³-hybridized carbons (Fsp3) is 0.529. The van der Waals surface area contributed by atoms with Gasteiger partial charge in [-0.15, -0.1) is 0 Å². The summed E-state index contributed by atoms with van der Waals surface area (Å²) in [6.07, 6.45) is 0.358. The third-order valence-electron chi connectivity index (χ3n) is 3.97. The summed E-state index contributed by atoms with van der Waals surface area (Å²) in [6.45, 7) is 7.67. The van der Waals surface area contributed by atoms with Crippen LogP contribution in [0.2, 0.25) is 0 Å². The monoisotopic (exact) mass is 303 g/mol. The van der Waals surface area contributed by atoms with Crippen LogP contribution in [0.5, 0.6) is 0 Å². The van der Waals surface area contributed by atoms with Gasteiger partial charge >= 0.3 is 0 Å². The predicted molar refractivity (Wildman–Crippen MR) is 87.6 cm³/mol. The van der Waals surface area contributed by atoms with Crippen molar-refractivity contribution in [3.8, 4) is 0 Å². The number of carbonyl (C=O) groups excluding carboxylic acids is 2. The number of nitrogens with one attached hydrogen (secondary N) is 3. The molecule has 1 aromatic rings. The van der Waals surface area contributed by atoms with Gasteiger partial charge in [-0.3, -0.25) is 9.59 Å². The molecule has 0 aromatic heterocycles. The van der Waals surface area contributed by atoms with Gasteiger partial charge in [-0.2, -0.15) is 0 Å². The van der Waals surface area contributed by atoms with Crippen molar-refractivity contribution in [1.82, 2.24) is 10.6 Å². The lowest BCUT2D eigenvalue weighted by atomic mass is 9.88. The summed E-state index contributed by atoms with van der Waals surface area (Å²) in [5.41, 5.74) is 1.71. The van der Waals surface area contributed by atoms with E-state index in [0.29, 0.717) is 12.3 Å². The average molecular weight is 303 g/mol. The normalized spacial score (nSPS) is 16.0. The summed E-state index contributed by atoms with van der Waals surface area (Å²) in [6, 6.07) is 7.60. The van der Waals surface area contributed by atoms with E-state index in [1.165, 1.54) is 0 Å². The number of amides is 2. The maximum atomic E-state index is 12.1. The van der Waals surface area contributed by atoms with Crippen LogP contribution < -0.4 is 16.0 Å². The summed E-state index contributed by atoms with van der Waals surface area (Å²) in [7, 11) is 0. The Labute approximate surface area is 131 Å². The standard InChI is InChI=1S/C17H25N3O2/c1-11(2)19-16(21)8-13-4-6-15(7-5-13)20-17(22)12(3)14-9-18-10-14/h4-7,11-12,14,18H,8-10H2,1-3H3,(H,19,21)(H,20,22). The van der Waals surface area contributed by atoms with Crippen molar-refractivity contribution in [3.63, 3.8) is 0 Å². The van der Waals surface area contributed by atoms with E-state index >= 15 is 0 Å². The molecule has 3 N–H and O–H groups in total. The van der Waals surface area contributed by atoms with E-state index in [2.05, 4.69) is 16.0 Å². The zero-order valence-electron chi connectivity index (χ0n) is 13.5. The van der Waals surface area contributed by atoms with E-state index in [9.17, 15) is 9.59 Å². The van der Waals surface area contributed by atoms with Gasteiger partial charge in [0.05, 0.1) is 6.42 Å². The van der Waals surface area contributed by atoms with Crippen molar-refractivity contribution < 1.29 is 9.59 Å². The highest BCUT2D eigenvalue weighted by Crippen LogP contribution is 2.18. The summed E-state index contributed by atoms with van der Waals surface area (Å²) >= 11 is 0. The largest absolute Gasteiger partial charge is 0.354 e. The maximum absolute atomic E-state index is 12.1. The zero-order chi connectivity index (χ0) is 16.1. The lowest BCUT2D eigenvalue weighted by Gasteiger charge is -2.31. The van der Waals surface area contributed by atoms with Crippen molar-refractivity contribution in [1.29, 1.82) is 0 Å². The highest BCUT2D eigenvalue weighted by Gasteiger charge is 2.28. The Morgan fingerprint density at radius 1 is 1.18 bits per heavy atom. The average Bonchev–Trinajstić information content (AvgIpc) is 2.38. The molecule has 0 radical (unpaired) electrons. The lowest BCUT2D eigenvalue weighted by molar-refractivity contribution is -0.122. The van der Waals surface area contributed by atoms with Crippen molar-refractivity contribution in [2.24, 2.45) is 11.8 Å². The molecular formula is C17H25N3O2. The van der Waals surface area contributed by atoms with Gasteiger partial charge in [0.15, 0.2) is 0 Å². The van der Waals surface area contributed by atoms with Gasteiger partial charge in [0.1, 0.15) is 0 Å². The Hall–Kier alpha value is -1.88. The van der Waals surface area contributed by atoms with Crippen molar-refractivity contribution in [2.75, 3.05) is 18.4 Å². The first-order chi connectivity index (χ1) is 10.5. The lowest BCUT2D eigenvalue weighted by Crippen LogP contribution is -2.48. The smallest absolute Gasteiger partial charge is 0.227 e. The molecule has 22 heavy (non-hydrogen) atoms. The summed E-state index contributed by atoms with van der Waals surface area (Å²) < 4.78 is 0. The summed E-state index contributed by atoms with van der Waals surface area (Å²) in [4.78, 5) is 23.8. The maximum Gasteiger partial charge on any atom is 0.227 e. The van der Waals surface area contributed by atoms with Gasteiger partial charge in [0.25, 0.3) is 0 Å². The molecule has 1 heterocycles. The van der Waals surface area contributed by atoms with E-state index in [-0.39, 0.29) is 23.8 Å². The molecule has 1 aliphatic rings. The van der Waals surface area contributed by atoms with Crippen molar-refractivity contribution in [2.45, 2.75) is 33.2 Å². The molecule has 1 atom stereocenters. The van der Waals surface area contributed by atoms with E-state index < -0.39 is 0 Å². The molecule has 0 aliphatic carbocycles. The molecule has 5 heteroatoms. The first kappa shape index (κ1) is 16.5. The van der Waals surface area contributed by atoms with Crippen LogP contribution in [0, 0.1) is 11.8 Å². The molecule has 120 valence electrons. The molecule has 0 spiro atoms. The van der Waals surface area contributed by atoms with Crippen LogP contribution in [0.15, 0.2) is 24.3 Å². The molecule has 5 nitrogen and oxygen atoms in total. The zero-order valence-corrected chi connectivity index (χ0v) is 13.5. The third kappa shape index (κ3) is 4.56. The fourth-order valence-electron chi connectivity index (χ4n) is 2.40. The molecule has 0 saturated carbocycles. The van der Waals surface area contributed by atoms with Gasteiger partial charge in [-0.25, -0.2) is 0 Å². The first-order valence-electron chi connectivity index (χ1n) is 7.85. The third-order valence-corrected chi connectivity index (χ3v) is 3.97. The molecule has 1 aromatic carbocycles. The van der Waals surface area contributed by atoms with Crippen LogP contribution in [0.3, 0.4) is 0 Å². The van der Waals surface area contributed by atoms with E-state index in [0.717, 1.165) is 24.3 Å². The van der Waals surface area contributed by atoms with Gasteiger partial charge in [0.2, 0.25) is 11.8 Å². The quantitative estimate of drug-likeness (QED) is 0.747. The minimum Gasteiger partial charge on any atom is -0.354 e. The van der Waals surface area contributed by atoms with Gasteiger partial charge in [0, 0.05) is 17.6 Å². The number of carbonyl (C=O) groups is 2. The minimum atomic E-state index is 0.0118. The van der Waals surface area contributed by atoms with Crippen LogP contribution in [-0.2, 0) is 16.0 Å². The molecule has 2 amide bonds. The fourth-order valence-corrected chi connectivity index (χ4v) is 2.40. The summed E-state index contributed by atoms with van der Waals surface area (Å²) in [5, 5.41) is 8.98. The Morgan fingerprint density at radius 2 is 1.82 bits per heavy atom. The molecule has 1 unspecified atom stereocenters. The van der Waals surface area contributed by atoms with Crippen LogP contribution in [0.25, 0.3) is 0 Å². The highest BCUT2D eigenvalue weighted by atomic mass is 16.2. The highest BCUT2D eigenvalue weighted by molar-refractivity contribution is 5.92. The molecule has 0 bridgehead atoms. The second kappa shape index (κ2) is 7.40. The number of hydrogen-bond donors (Lipinski definition) is 3. The number of anilines is 1. The molecule has 1 fully saturated rings. The molecule has 2 rings (SSSR count). The second-order valence-electron chi connectivity index (χ2n) is 6.29. The van der Waals surface area contributed by atoms with Gasteiger partial charge in [-0.05, 0) is 50.6 Å². The van der Waals surface area contributed by atoms with Crippen LogP contribution in [0.4, 0.5) is 5.69 Å². The molecule has 1 saturated heterocycles. The SMILES string of the molecule is CC(C)NC(=O)Cc1ccc(NC(=O)C(C)C2CNC2)cc1. The Morgan fingerprint density at radius 3 is 2.32 bits per heavy atom. The van der Waals surface area contributed by atoms with Crippen LogP contribution in [0.1, 0.15) is 26.3 Å². The number of benzene rings is 1.